The Labute approximate surface area is 133 Å². The molecule has 0 saturated heterocycles. The summed E-state index contributed by atoms with van der Waals surface area (Å²) >= 11 is 0. The van der Waals surface area contributed by atoms with E-state index >= 15 is 0 Å². The molecule has 3 heteroatoms. The summed E-state index contributed by atoms with van der Waals surface area (Å²) in [4.78, 5) is 14.5. The van der Waals surface area contributed by atoms with Gasteiger partial charge in [0.15, 0.2) is 0 Å². The van der Waals surface area contributed by atoms with Gasteiger partial charge in [-0.25, -0.2) is 4.79 Å². The molecule has 2 aromatic rings. The van der Waals surface area contributed by atoms with Gasteiger partial charge in [-0.15, -0.1) is 0 Å². The third-order valence-corrected chi connectivity index (χ3v) is 3.72. The van der Waals surface area contributed by atoms with Crippen molar-refractivity contribution in [1.82, 2.24) is 4.90 Å². The van der Waals surface area contributed by atoms with Gasteiger partial charge < -0.3 is 10.2 Å². The zero-order valence-electron chi connectivity index (χ0n) is 13.5. The highest BCUT2D eigenvalue weighted by molar-refractivity contribution is 5.90. The van der Waals surface area contributed by atoms with Crippen molar-refractivity contribution in [1.29, 1.82) is 0 Å². The van der Waals surface area contributed by atoms with E-state index in [0.29, 0.717) is 6.54 Å². The molecule has 0 aliphatic rings. The molecule has 0 heterocycles. The van der Waals surface area contributed by atoms with Gasteiger partial charge >= 0.3 is 6.03 Å². The molecule has 0 saturated carbocycles. The average Bonchev–Trinajstić information content (AvgIpc) is 2.53. The van der Waals surface area contributed by atoms with Crippen LogP contribution in [0.5, 0.6) is 0 Å². The van der Waals surface area contributed by atoms with Crippen molar-refractivity contribution in [3.05, 3.63) is 65.7 Å². The molecule has 0 unspecified atom stereocenters. The van der Waals surface area contributed by atoms with Crippen LogP contribution in [-0.2, 0) is 13.0 Å². The van der Waals surface area contributed by atoms with Gasteiger partial charge in [0.05, 0.1) is 0 Å². The molecular formula is C19H24N2O. The molecule has 116 valence electrons. The second-order valence-electron chi connectivity index (χ2n) is 5.65. The Morgan fingerprint density at radius 3 is 2.32 bits per heavy atom. The van der Waals surface area contributed by atoms with E-state index in [9.17, 15) is 4.79 Å². The molecule has 0 radical (unpaired) electrons. The van der Waals surface area contributed by atoms with Crippen LogP contribution in [0.2, 0.25) is 0 Å². The lowest BCUT2D eigenvalue weighted by Crippen LogP contribution is -2.39. The maximum absolute atomic E-state index is 12.6. The summed E-state index contributed by atoms with van der Waals surface area (Å²) in [5.41, 5.74) is 3.18. The van der Waals surface area contributed by atoms with E-state index in [1.165, 1.54) is 0 Å². The molecule has 2 aromatic carbocycles. The summed E-state index contributed by atoms with van der Waals surface area (Å²) in [5.74, 6) is 0. The number of rotatable bonds is 5. The molecule has 0 spiro atoms. The number of hydrogen-bond donors (Lipinski definition) is 1. The summed E-state index contributed by atoms with van der Waals surface area (Å²) in [6.45, 7) is 6.77. The predicted molar refractivity (Wildman–Crippen MR) is 92.0 cm³/mol. The summed E-state index contributed by atoms with van der Waals surface area (Å²) in [7, 11) is 0. The molecule has 2 rings (SSSR count). The van der Waals surface area contributed by atoms with Crippen molar-refractivity contribution in [2.24, 2.45) is 0 Å². The monoisotopic (exact) mass is 296 g/mol. The van der Waals surface area contributed by atoms with Crippen molar-refractivity contribution >= 4 is 11.7 Å². The Hall–Kier alpha value is -2.29. The molecule has 0 atom stereocenters. The highest BCUT2D eigenvalue weighted by Gasteiger charge is 2.18. The fraction of sp³-hybridized carbons (Fsp3) is 0.316. The quantitative estimate of drug-likeness (QED) is 0.852. The van der Waals surface area contributed by atoms with Gasteiger partial charge in [-0.1, -0.05) is 55.5 Å². The van der Waals surface area contributed by atoms with Crippen LogP contribution in [0.4, 0.5) is 10.5 Å². The minimum Gasteiger partial charge on any atom is -0.318 e. The van der Waals surface area contributed by atoms with Crippen LogP contribution >= 0.6 is 0 Å². The number of anilines is 1. The average molecular weight is 296 g/mol. The molecule has 22 heavy (non-hydrogen) atoms. The molecule has 3 nitrogen and oxygen atoms in total. The number of para-hydroxylation sites is 1. The number of amides is 2. The zero-order chi connectivity index (χ0) is 15.9. The van der Waals surface area contributed by atoms with Crippen molar-refractivity contribution < 1.29 is 4.79 Å². The van der Waals surface area contributed by atoms with Crippen LogP contribution in [0.1, 0.15) is 31.9 Å². The zero-order valence-corrected chi connectivity index (χ0v) is 13.5. The largest absolute Gasteiger partial charge is 0.322 e. The SMILES string of the molecule is CCc1ccccc1NC(=O)N(Cc1ccccc1)C(C)C. The van der Waals surface area contributed by atoms with Crippen molar-refractivity contribution in [3.63, 3.8) is 0 Å². The fourth-order valence-electron chi connectivity index (χ4n) is 2.41. The van der Waals surface area contributed by atoms with Gasteiger partial charge in [0.1, 0.15) is 0 Å². The van der Waals surface area contributed by atoms with E-state index in [1.54, 1.807) is 0 Å². The summed E-state index contributed by atoms with van der Waals surface area (Å²) in [6, 6.07) is 18.1. The van der Waals surface area contributed by atoms with E-state index in [2.05, 4.69) is 12.2 Å². The molecule has 1 N–H and O–H groups in total. The van der Waals surface area contributed by atoms with E-state index in [-0.39, 0.29) is 12.1 Å². The highest BCUT2D eigenvalue weighted by Crippen LogP contribution is 2.17. The molecule has 0 fully saturated rings. The minimum atomic E-state index is -0.0558. The number of carbonyl (C=O) groups is 1. The molecule has 0 aliphatic carbocycles. The standard InChI is InChI=1S/C19H24N2O/c1-4-17-12-8-9-13-18(17)20-19(22)21(15(2)3)14-16-10-6-5-7-11-16/h5-13,15H,4,14H2,1-3H3,(H,20,22). The van der Waals surface area contributed by atoms with Gasteiger partial charge in [-0.05, 0) is 37.5 Å². The van der Waals surface area contributed by atoms with Crippen LogP contribution in [0.3, 0.4) is 0 Å². The number of nitrogens with zero attached hydrogens (tertiary/aromatic N) is 1. The van der Waals surface area contributed by atoms with E-state index < -0.39 is 0 Å². The topological polar surface area (TPSA) is 32.3 Å². The molecule has 0 bridgehead atoms. The number of benzene rings is 2. The Kier molecular flexibility index (Phi) is 5.59. The number of urea groups is 1. The van der Waals surface area contributed by atoms with Crippen LogP contribution in [-0.4, -0.2) is 17.0 Å². The van der Waals surface area contributed by atoms with E-state index in [1.807, 2.05) is 73.3 Å². The van der Waals surface area contributed by atoms with Gasteiger partial charge in [-0.3, -0.25) is 0 Å². The second kappa shape index (κ2) is 7.64. The second-order valence-corrected chi connectivity index (χ2v) is 5.65. The first-order valence-corrected chi connectivity index (χ1v) is 7.81. The fourth-order valence-corrected chi connectivity index (χ4v) is 2.41. The minimum absolute atomic E-state index is 0.0558. The van der Waals surface area contributed by atoms with Crippen LogP contribution in [0.25, 0.3) is 0 Å². The third-order valence-electron chi connectivity index (χ3n) is 3.72. The molecule has 2 amide bonds. The normalized spacial score (nSPS) is 10.5. The molecule has 0 aliphatic heterocycles. The first-order chi connectivity index (χ1) is 10.6. The van der Waals surface area contributed by atoms with Crippen molar-refractivity contribution in [3.8, 4) is 0 Å². The predicted octanol–water partition coefficient (Wildman–Crippen LogP) is 4.69. The number of nitrogens with one attached hydrogen (secondary N) is 1. The van der Waals surface area contributed by atoms with Crippen molar-refractivity contribution in [2.75, 3.05) is 5.32 Å². The Balaban J connectivity index is 2.13. The van der Waals surface area contributed by atoms with Crippen molar-refractivity contribution in [2.45, 2.75) is 39.8 Å². The number of carbonyl (C=O) groups excluding carboxylic acids is 1. The smallest absolute Gasteiger partial charge is 0.318 e. The molecule has 0 aromatic heterocycles. The maximum Gasteiger partial charge on any atom is 0.322 e. The first kappa shape index (κ1) is 16.1. The lowest BCUT2D eigenvalue weighted by Gasteiger charge is -2.27. The highest BCUT2D eigenvalue weighted by atomic mass is 16.2. The van der Waals surface area contributed by atoms with Gasteiger partial charge in [0, 0.05) is 18.3 Å². The Morgan fingerprint density at radius 1 is 1.05 bits per heavy atom. The lowest BCUT2D eigenvalue weighted by atomic mass is 10.1. The Morgan fingerprint density at radius 2 is 1.68 bits per heavy atom. The van der Waals surface area contributed by atoms with Gasteiger partial charge in [0.25, 0.3) is 0 Å². The van der Waals surface area contributed by atoms with E-state index in [0.717, 1.165) is 23.2 Å². The Bertz CT molecular complexity index is 608. The van der Waals surface area contributed by atoms with E-state index in [4.69, 9.17) is 0 Å². The summed E-state index contributed by atoms with van der Waals surface area (Å²) < 4.78 is 0. The number of hydrogen-bond acceptors (Lipinski definition) is 1. The maximum atomic E-state index is 12.6. The number of aryl methyl sites for hydroxylation is 1. The first-order valence-electron chi connectivity index (χ1n) is 7.81. The van der Waals surface area contributed by atoms with Crippen LogP contribution in [0, 0.1) is 0 Å². The van der Waals surface area contributed by atoms with Gasteiger partial charge in [-0.2, -0.15) is 0 Å². The third kappa shape index (κ3) is 4.10. The van der Waals surface area contributed by atoms with Crippen LogP contribution in [0.15, 0.2) is 54.6 Å². The summed E-state index contributed by atoms with van der Waals surface area (Å²) in [5, 5.41) is 3.05. The summed E-state index contributed by atoms with van der Waals surface area (Å²) in [6.07, 6.45) is 0.900. The van der Waals surface area contributed by atoms with Crippen LogP contribution < -0.4 is 5.32 Å². The van der Waals surface area contributed by atoms with Gasteiger partial charge in [0.2, 0.25) is 0 Å². The molecular weight excluding hydrogens is 272 g/mol. The lowest BCUT2D eigenvalue weighted by molar-refractivity contribution is 0.193.